The number of nitrogens with two attached hydrogens (primary N) is 1. The number of nitrogens with zero attached hydrogens (tertiary/aromatic N) is 3. The number of carbonyl (C=O) groups is 3. The van der Waals surface area contributed by atoms with Crippen LogP contribution in [0.4, 0.5) is 0 Å². The Morgan fingerprint density at radius 2 is 1.78 bits per heavy atom. The van der Waals surface area contributed by atoms with Crippen LogP contribution in [0.1, 0.15) is 41.2 Å². The summed E-state index contributed by atoms with van der Waals surface area (Å²) in [5, 5.41) is 8.04. The highest BCUT2D eigenvalue weighted by molar-refractivity contribution is 6.05. The molecule has 1 saturated heterocycles. The molecule has 10 heteroatoms. The second-order valence-electron chi connectivity index (χ2n) is 10.4. The maximum atomic E-state index is 13.6. The van der Waals surface area contributed by atoms with Crippen LogP contribution in [0.25, 0.3) is 10.9 Å². The molecular formula is C27H27N5O5. The zero-order chi connectivity index (χ0) is 25.3. The summed E-state index contributed by atoms with van der Waals surface area (Å²) in [6.07, 6.45) is 2.50. The average molecular weight is 502 g/mol. The monoisotopic (exact) mass is 501 g/mol. The molecule has 0 bridgehead atoms. The van der Waals surface area contributed by atoms with Crippen LogP contribution < -0.4 is 20.5 Å². The van der Waals surface area contributed by atoms with E-state index < -0.39 is 11.9 Å². The van der Waals surface area contributed by atoms with Crippen LogP contribution in [0.5, 0.6) is 11.5 Å². The van der Waals surface area contributed by atoms with E-state index in [1.807, 2.05) is 18.2 Å². The van der Waals surface area contributed by atoms with Crippen LogP contribution in [-0.4, -0.2) is 63.7 Å². The molecule has 0 radical (unpaired) electrons. The van der Waals surface area contributed by atoms with Crippen molar-refractivity contribution in [2.75, 3.05) is 13.2 Å². The molecule has 3 fully saturated rings. The number of piperidine rings is 1. The Kier molecular flexibility index (Phi) is 4.92. The molecule has 2 aliphatic heterocycles. The smallest absolute Gasteiger partial charge is 0.269 e. The third-order valence-corrected chi connectivity index (χ3v) is 7.97. The molecule has 10 nitrogen and oxygen atoms in total. The number of benzene rings is 2. The van der Waals surface area contributed by atoms with Gasteiger partial charge in [-0.25, -0.2) is 0 Å². The first-order chi connectivity index (χ1) is 18.0. The van der Waals surface area contributed by atoms with E-state index in [1.54, 1.807) is 17.0 Å². The number of likely N-dealkylation sites (tertiary alicyclic amines) is 1. The molecule has 190 valence electrons. The maximum Gasteiger partial charge on any atom is 0.269 e. The lowest BCUT2D eigenvalue weighted by molar-refractivity contribution is -0.140. The molecule has 2 unspecified atom stereocenters. The summed E-state index contributed by atoms with van der Waals surface area (Å²) in [5.41, 5.74) is 7.44. The van der Waals surface area contributed by atoms with E-state index in [0.717, 1.165) is 12.8 Å². The summed E-state index contributed by atoms with van der Waals surface area (Å²) < 4.78 is 12.8. The molecule has 3 heterocycles. The Morgan fingerprint density at radius 1 is 1.03 bits per heavy atom. The number of nitrogens with one attached hydrogen (secondary N) is 1. The minimum atomic E-state index is -0.689. The average Bonchev–Trinajstić information content (AvgIpc) is 3.79. The van der Waals surface area contributed by atoms with Gasteiger partial charge in [-0.05, 0) is 36.8 Å². The second-order valence-corrected chi connectivity index (χ2v) is 10.4. The number of fused-ring (bicyclic) bond motifs is 3. The number of carbonyl (C=O) groups excluding carboxylic acids is 3. The van der Waals surface area contributed by atoms with Crippen molar-refractivity contribution in [3.63, 3.8) is 0 Å². The topological polar surface area (TPSA) is 129 Å². The molecule has 5 atom stereocenters. The van der Waals surface area contributed by atoms with Crippen molar-refractivity contribution in [2.24, 2.45) is 11.7 Å². The molecule has 2 aromatic carbocycles. The van der Waals surface area contributed by atoms with Crippen LogP contribution in [0.15, 0.2) is 42.5 Å². The van der Waals surface area contributed by atoms with E-state index in [0.29, 0.717) is 53.9 Å². The number of hydrogen-bond donors (Lipinski definition) is 2. The standard InChI is InChI=1S/C27H27N5O5/c28-26(34)25-17-11-22-23(37-7-6-36-22)12-20(17)31(30-25)13-24(33)32-19-8-15(19)9-21(32)27(35)29-18-10-16(18)14-4-2-1-3-5-14/h1-5,11-12,15-16,18-19,21H,6-10,13H2,(H2,28,34)(H,29,35)/t15-,16?,18?,19-,21+/m1/s1. The first-order valence-electron chi connectivity index (χ1n) is 12.7. The van der Waals surface area contributed by atoms with Crippen LogP contribution in [0.3, 0.4) is 0 Å². The minimum Gasteiger partial charge on any atom is -0.486 e. The Hall–Kier alpha value is -4.08. The van der Waals surface area contributed by atoms with E-state index in [2.05, 4.69) is 22.5 Å². The van der Waals surface area contributed by atoms with Crippen molar-refractivity contribution < 1.29 is 23.9 Å². The van der Waals surface area contributed by atoms with E-state index >= 15 is 0 Å². The van der Waals surface area contributed by atoms with Gasteiger partial charge >= 0.3 is 0 Å². The third kappa shape index (κ3) is 3.78. The van der Waals surface area contributed by atoms with Crippen molar-refractivity contribution in [1.82, 2.24) is 20.0 Å². The van der Waals surface area contributed by atoms with Crippen LogP contribution in [0.2, 0.25) is 0 Å². The Morgan fingerprint density at radius 3 is 2.54 bits per heavy atom. The normalized spacial score (nSPS) is 27.0. The summed E-state index contributed by atoms with van der Waals surface area (Å²) >= 11 is 0. The van der Waals surface area contributed by atoms with Crippen molar-refractivity contribution in [2.45, 2.75) is 49.9 Å². The molecule has 7 rings (SSSR count). The Balaban J connectivity index is 1.11. The second kappa shape index (κ2) is 8.22. The number of rotatable bonds is 6. The minimum absolute atomic E-state index is 0.0699. The fourth-order valence-electron chi connectivity index (χ4n) is 5.97. The van der Waals surface area contributed by atoms with Gasteiger partial charge in [0.1, 0.15) is 25.8 Å². The molecule has 1 aromatic heterocycles. The van der Waals surface area contributed by atoms with E-state index in [1.165, 1.54) is 10.2 Å². The summed E-state index contributed by atoms with van der Waals surface area (Å²) in [7, 11) is 0. The van der Waals surface area contributed by atoms with Gasteiger partial charge in [0.05, 0.1) is 5.52 Å². The van der Waals surface area contributed by atoms with Crippen LogP contribution >= 0.6 is 0 Å². The van der Waals surface area contributed by atoms with Crippen molar-refractivity contribution in [1.29, 1.82) is 0 Å². The summed E-state index contributed by atoms with van der Waals surface area (Å²) in [6, 6.07) is 13.3. The van der Waals surface area contributed by atoms with Gasteiger partial charge in [-0.1, -0.05) is 30.3 Å². The molecule has 37 heavy (non-hydrogen) atoms. The summed E-state index contributed by atoms with van der Waals surface area (Å²) in [5.74, 6) is 0.745. The third-order valence-electron chi connectivity index (χ3n) is 7.97. The highest BCUT2D eigenvalue weighted by Gasteiger charge is 2.56. The molecule has 3 amide bonds. The fraction of sp³-hybridized carbons (Fsp3) is 0.407. The molecule has 2 saturated carbocycles. The van der Waals surface area contributed by atoms with E-state index in [9.17, 15) is 14.4 Å². The van der Waals surface area contributed by atoms with E-state index in [4.69, 9.17) is 15.2 Å². The molecule has 3 aromatic rings. The number of ether oxygens (including phenoxy) is 2. The first-order valence-corrected chi connectivity index (χ1v) is 12.7. The summed E-state index contributed by atoms with van der Waals surface area (Å²) in [6.45, 7) is 0.714. The fourth-order valence-corrected chi connectivity index (χ4v) is 5.97. The van der Waals surface area contributed by atoms with Crippen molar-refractivity contribution in [3.05, 3.63) is 53.7 Å². The Labute approximate surface area is 212 Å². The number of amides is 3. The largest absolute Gasteiger partial charge is 0.486 e. The predicted molar refractivity (Wildman–Crippen MR) is 132 cm³/mol. The van der Waals surface area contributed by atoms with Gasteiger partial charge in [-0.15, -0.1) is 0 Å². The molecule has 3 N–H and O–H groups in total. The van der Waals surface area contributed by atoms with Crippen LogP contribution in [0, 0.1) is 5.92 Å². The number of primary amides is 1. The van der Waals surface area contributed by atoms with Crippen LogP contribution in [-0.2, 0) is 16.1 Å². The zero-order valence-corrected chi connectivity index (χ0v) is 20.1. The van der Waals surface area contributed by atoms with Gasteiger partial charge in [-0.2, -0.15) is 5.10 Å². The van der Waals surface area contributed by atoms with Gasteiger partial charge in [0.2, 0.25) is 11.8 Å². The lowest BCUT2D eigenvalue weighted by Gasteiger charge is -2.27. The number of aromatic nitrogens is 2. The lowest BCUT2D eigenvalue weighted by Crippen LogP contribution is -2.49. The highest BCUT2D eigenvalue weighted by atomic mass is 16.6. The van der Waals surface area contributed by atoms with Crippen molar-refractivity contribution >= 4 is 28.6 Å². The van der Waals surface area contributed by atoms with Gasteiger partial charge in [-0.3, -0.25) is 19.1 Å². The first kappa shape index (κ1) is 22.1. The zero-order valence-electron chi connectivity index (χ0n) is 20.1. The molecule has 4 aliphatic rings. The Bertz CT molecular complexity index is 1440. The van der Waals surface area contributed by atoms with Gasteiger partial charge in [0.25, 0.3) is 5.91 Å². The predicted octanol–water partition coefficient (Wildman–Crippen LogP) is 1.57. The quantitative estimate of drug-likeness (QED) is 0.528. The van der Waals surface area contributed by atoms with Gasteiger partial charge in [0.15, 0.2) is 17.2 Å². The SMILES string of the molecule is NC(=O)c1nn(CC(=O)N2[C@@H]3C[C@@H]3C[C@H]2C(=O)NC2CC2c2ccccc2)c2cc3c(cc12)OCCO3. The van der Waals surface area contributed by atoms with Crippen molar-refractivity contribution in [3.8, 4) is 11.5 Å². The highest BCUT2D eigenvalue weighted by Crippen LogP contribution is 2.49. The number of hydrogen-bond acceptors (Lipinski definition) is 6. The molecule has 0 spiro atoms. The van der Waals surface area contributed by atoms with Gasteiger partial charge in [0, 0.05) is 29.5 Å². The van der Waals surface area contributed by atoms with Gasteiger partial charge < -0.3 is 25.4 Å². The lowest BCUT2D eigenvalue weighted by atomic mass is 10.1. The summed E-state index contributed by atoms with van der Waals surface area (Å²) in [4.78, 5) is 40.7. The molecule has 2 aliphatic carbocycles. The molecular weight excluding hydrogens is 474 g/mol. The van der Waals surface area contributed by atoms with E-state index in [-0.39, 0.29) is 36.1 Å². The maximum absolute atomic E-state index is 13.6.